The van der Waals surface area contributed by atoms with Crippen LogP contribution in [0.4, 0.5) is 5.13 Å². The minimum atomic E-state index is -0.154. The summed E-state index contributed by atoms with van der Waals surface area (Å²) < 4.78 is 1.11. The molecule has 0 saturated heterocycles. The van der Waals surface area contributed by atoms with Crippen LogP contribution in [0.15, 0.2) is 30.3 Å². The first-order chi connectivity index (χ1) is 11.0. The number of carbonyl (C=O) groups is 1. The molecular formula is C18H19N3OS. The number of fused-ring (bicyclic) bond motifs is 1. The molecule has 2 N–H and O–H groups in total. The largest absolute Gasteiger partial charge is 0.273 e. The van der Waals surface area contributed by atoms with Gasteiger partial charge in [-0.1, -0.05) is 35.1 Å². The maximum Gasteiger partial charge on any atom is 0.269 e. The van der Waals surface area contributed by atoms with Gasteiger partial charge in [-0.25, -0.2) is 4.98 Å². The Kier molecular flexibility index (Phi) is 4.05. The fourth-order valence-corrected chi connectivity index (χ4v) is 3.32. The third-order valence-electron chi connectivity index (χ3n) is 4.01. The quantitative estimate of drug-likeness (QED) is 0.706. The van der Waals surface area contributed by atoms with Crippen molar-refractivity contribution in [2.75, 3.05) is 5.43 Å². The molecule has 0 saturated carbocycles. The van der Waals surface area contributed by atoms with Gasteiger partial charge in [-0.15, -0.1) is 0 Å². The Balaban J connectivity index is 1.79. The van der Waals surface area contributed by atoms with E-state index >= 15 is 0 Å². The topological polar surface area (TPSA) is 54.0 Å². The van der Waals surface area contributed by atoms with Gasteiger partial charge in [0, 0.05) is 5.56 Å². The summed E-state index contributed by atoms with van der Waals surface area (Å²) in [5.41, 5.74) is 11.7. The molecule has 0 bridgehead atoms. The van der Waals surface area contributed by atoms with Crippen LogP contribution in [0.1, 0.15) is 32.6 Å². The van der Waals surface area contributed by atoms with Gasteiger partial charge >= 0.3 is 0 Å². The van der Waals surface area contributed by atoms with E-state index in [0.717, 1.165) is 21.3 Å². The minimum absolute atomic E-state index is 0.154. The molecule has 1 heterocycles. The van der Waals surface area contributed by atoms with Crippen molar-refractivity contribution in [1.29, 1.82) is 0 Å². The van der Waals surface area contributed by atoms with Crippen LogP contribution >= 0.6 is 11.3 Å². The summed E-state index contributed by atoms with van der Waals surface area (Å²) in [5, 5.41) is 0.687. The first kappa shape index (κ1) is 15.5. The van der Waals surface area contributed by atoms with Crippen molar-refractivity contribution in [3.8, 4) is 0 Å². The number of nitrogens with zero attached hydrogens (tertiary/aromatic N) is 1. The van der Waals surface area contributed by atoms with Crippen molar-refractivity contribution in [2.24, 2.45) is 0 Å². The Hall–Kier alpha value is -2.40. The van der Waals surface area contributed by atoms with Gasteiger partial charge in [-0.2, -0.15) is 0 Å². The Morgan fingerprint density at radius 2 is 1.78 bits per heavy atom. The van der Waals surface area contributed by atoms with Crippen molar-refractivity contribution < 1.29 is 4.79 Å². The zero-order valence-electron chi connectivity index (χ0n) is 13.7. The average molecular weight is 325 g/mol. The van der Waals surface area contributed by atoms with E-state index in [-0.39, 0.29) is 5.91 Å². The van der Waals surface area contributed by atoms with Crippen LogP contribution in [0.25, 0.3) is 10.2 Å². The number of hydrogen-bond donors (Lipinski definition) is 2. The SMILES string of the molecule is Cc1ccc(C)c(C(=O)NNc2nc3c(C)c(C)ccc3s2)c1. The number of hydrogen-bond acceptors (Lipinski definition) is 4. The summed E-state index contributed by atoms with van der Waals surface area (Å²) in [4.78, 5) is 16.9. The number of aryl methyl sites for hydroxylation is 4. The highest BCUT2D eigenvalue weighted by Crippen LogP contribution is 2.29. The van der Waals surface area contributed by atoms with Gasteiger partial charge < -0.3 is 0 Å². The van der Waals surface area contributed by atoms with Crippen LogP contribution in [0.2, 0.25) is 0 Å². The van der Waals surface area contributed by atoms with Gasteiger partial charge in [-0.05, 0) is 56.5 Å². The Bertz CT molecular complexity index is 899. The van der Waals surface area contributed by atoms with Gasteiger partial charge in [0.15, 0.2) is 0 Å². The van der Waals surface area contributed by atoms with E-state index in [2.05, 4.69) is 41.8 Å². The normalized spacial score (nSPS) is 10.8. The summed E-state index contributed by atoms with van der Waals surface area (Å²) in [6.07, 6.45) is 0. The number of hydrazine groups is 1. The monoisotopic (exact) mass is 325 g/mol. The summed E-state index contributed by atoms with van der Waals surface area (Å²) >= 11 is 1.53. The van der Waals surface area contributed by atoms with E-state index in [4.69, 9.17) is 0 Å². The van der Waals surface area contributed by atoms with Gasteiger partial charge in [0.05, 0.1) is 10.2 Å². The number of thiazole rings is 1. The molecule has 0 aliphatic rings. The zero-order valence-corrected chi connectivity index (χ0v) is 14.5. The molecule has 4 nitrogen and oxygen atoms in total. The van der Waals surface area contributed by atoms with Crippen LogP contribution < -0.4 is 10.9 Å². The highest BCUT2D eigenvalue weighted by Gasteiger charge is 2.11. The van der Waals surface area contributed by atoms with Crippen LogP contribution in [-0.4, -0.2) is 10.9 Å². The maximum atomic E-state index is 12.3. The predicted octanol–water partition coefficient (Wildman–Crippen LogP) is 4.29. The lowest BCUT2D eigenvalue weighted by Gasteiger charge is -2.08. The number of anilines is 1. The van der Waals surface area contributed by atoms with E-state index in [1.807, 2.05) is 32.0 Å². The molecule has 23 heavy (non-hydrogen) atoms. The molecule has 2 aromatic carbocycles. The van der Waals surface area contributed by atoms with Gasteiger partial charge in [-0.3, -0.25) is 15.6 Å². The summed E-state index contributed by atoms with van der Waals surface area (Å²) in [7, 11) is 0. The molecule has 118 valence electrons. The maximum absolute atomic E-state index is 12.3. The van der Waals surface area contributed by atoms with Crippen molar-refractivity contribution in [1.82, 2.24) is 10.4 Å². The van der Waals surface area contributed by atoms with Crippen molar-refractivity contribution in [3.05, 3.63) is 58.1 Å². The summed E-state index contributed by atoms with van der Waals surface area (Å²) in [6.45, 7) is 8.04. The van der Waals surface area contributed by atoms with Gasteiger partial charge in [0.25, 0.3) is 5.91 Å². The summed E-state index contributed by atoms with van der Waals surface area (Å²) in [6, 6.07) is 9.99. The van der Waals surface area contributed by atoms with Gasteiger partial charge in [0.2, 0.25) is 5.13 Å². The molecule has 5 heteroatoms. The second kappa shape index (κ2) is 6.01. The smallest absolute Gasteiger partial charge is 0.269 e. The molecule has 1 aromatic heterocycles. The lowest BCUT2D eigenvalue weighted by Crippen LogP contribution is -2.29. The van der Waals surface area contributed by atoms with E-state index < -0.39 is 0 Å². The van der Waals surface area contributed by atoms with Crippen molar-refractivity contribution in [3.63, 3.8) is 0 Å². The van der Waals surface area contributed by atoms with Crippen LogP contribution in [0.5, 0.6) is 0 Å². The van der Waals surface area contributed by atoms with Crippen molar-refractivity contribution in [2.45, 2.75) is 27.7 Å². The van der Waals surface area contributed by atoms with E-state index in [1.54, 1.807) is 0 Å². The number of amides is 1. The molecular weight excluding hydrogens is 306 g/mol. The zero-order chi connectivity index (χ0) is 16.6. The van der Waals surface area contributed by atoms with E-state index in [1.165, 1.54) is 22.5 Å². The molecule has 1 amide bonds. The number of nitrogens with one attached hydrogen (secondary N) is 2. The second-order valence-corrected chi connectivity index (χ2v) is 6.80. The third kappa shape index (κ3) is 3.05. The highest BCUT2D eigenvalue weighted by molar-refractivity contribution is 7.22. The fourth-order valence-electron chi connectivity index (χ4n) is 2.44. The highest BCUT2D eigenvalue weighted by atomic mass is 32.1. The lowest BCUT2D eigenvalue weighted by atomic mass is 10.1. The Morgan fingerprint density at radius 3 is 2.57 bits per heavy atom. The first-order valence-electron chi connectivity index (χ1n) is 7.46. The van der Waals surface area contributed by atoms with Crippen LogP contribution in [-0.2, 0) is 0 Å². The Labute approximate surface area is 139 Å². The lowest BCUT2D eigenvalue weighted by molar-refractivity contribution is 0.0962. The molecule has 0 unspecified atom stereocenters. The van der Waals surface area contributed by atoms with E-state index in [0.29, 0.717) is 10.7 Å². The average Bonchev–Trinajstić information content (AvgIpc) is 2.95. The minimum Gasteiger partial charge on any atom is -0.273 e. The van der Waals surface area contributed by atoms with Crippen LogP contribution in [0.3, 0.4) is 0 Å². The molecule has 3 rings (SSSR count). The first-order valence-corrected chi connectivity index (χ1v) is 8.27. The van der Waals surface area contributed by atoms with Crippen LogP contribution in [0, 0.1) is 27.7 Å². The molecule has 3 aromatic rings. The molecule has 0 aliphatic carbocycles. The predicted molar refractivity (Wildman–Crippen MR) is 96.1 cm³/mol. The number of rotatable bonds is 3. The molecule has 0 spiro atoms. The van der Waals surface area contributed by atoms with Gasteiger partial charge in [0.1, 0.15) is 0 Å². The molecule has 0 fully saturated rings. The molecule has 0 radical (unpaired) electrons. The molecule has 0 aliphatic heterocycles. The number of carbonyl (C=O) groups excluding carboxylic acids is 1. The molecule has 0 atom stereocenters. The summed E-state index contributed by atoms with van der Waals surface area (Å²) in [5.74, 6) is -0.154. The number of benzene rings is 2. The second-order valence-electron chi connectivity index (χ2n) is 5.77. The van der Waals surface area contributed by atoms with Crippen molar-refractivity contribution >= 4 is 32.6 Å². The Morgan fingerprint density at radius 1 is 1.04 bits per heavy atom. The number of aromatic nitrogens is 1. The third-order valence-corrected chi connectivity index (χ3v) is 4.94. The fraction of sp³-hybridized carbons (Fsp3) is 0.222. The standard InChI is InChI=1S/C18H19N3OS/c1-10-5-6-12(3)14(9-10)17(22)20-21-18-19-16-13(4)11(2)7-8-15(16)23-18/h5-9H,1-4H3,(H,19,21)(H,20,22). The van der Waals surface area contributed by atoms with E-state index in [9.17, 15) is 4.79 Å².